The highest BCUT2D eigenvalue weighted by atomic mass is 127. The van der Waals surface area contributed by atoms with E-state index in [0.717, 1.165) is 24.4 Å². The fraction of sp³-hybridized carbons (Fsp3) is 0.435. The Labute approximate surface area is 210 Å². The van der Waals surface area contributed by atoms with Gasteiger partial charge in [-0.1, -0.05) is 30.3 Å². The van der Waals surface area contributed by atoms with E-state index < -0.39 is 6.61 Å². The van der Waals surface area contributed by atoms with E-state index in [9.17, 15) is 8.78 Å². The number of methoxy groups -OCH3 is 1. The van der Waals surface area contributed by atoms with Gasteiger partial charge in [-0.2, -0.15) is 8.78 Å². The summed E-state index contributed by atoms with van der Waals surface area (Å²) in [5, 5.41) is 6.54. The number of nitrogens with zero attached hydrogens (tertiary/aromatic N) is 2. The monoisotopic (exact) mass is 576 g/mol. The molecule has 2 N–H and O–H groups in total. The maximum atomic E-state index is 12.7. The topological polar surface area (TPSA) is 67.4 Å². The Morgan fingerprint density at radius 1 is 1.09 bits per heavy atom. The molecule has 0 amide bonds. The van der Waals surface area contributed by atoms with Gasteiger partial charge in [0.2, 0.25) is 0 Å². The van der Waals surface area contributed by atoms with Crippen LogP contribution in [0.2, 0.25) is 0 Å². The minimum absolute atomic E-state index is 0. The Kier molecular flexibility index (Phi) is 11.6. The Hall–Kier alpha value is -2.18. The molecular formula is C23H31F2IN4O3. The van der Waals surface area contributed by atoms with E-state index in [1.807, 2.05) is 12.1 Å². The van der Waals surface area contributed by atoms with Crippen molar-refractivity contribution in [2.24, 2.45) is 4.99 Å². The number of hydrogen-bond acceptors (Lipinski definition) is 5. The summed E-state index contributed by atoms with van der Waals surface area (Å²) in [5.74, 6) is 1.53. The van der Waals surface area contributed by atoms with Gasteiger partial charge in [0.15, 0.2) is 5.96 Å². The Balaban J connectivity index is 0.00000385. The molecule has 3 rings (SSSR count). The van der Waals surface area contributed by atoms with Gasteiger partial charge in [-0.05, 0) is 23.8 Å². The lowest BCUT2D eigenvalue weighted by molar-refractivity contribution is -0.0504. The zero-order valence-corrected chi connectivity index (χ0v) is 21.1. The smallest absolute Gasteiger partial charge is 0.387 e. The van der Waals surface area contributed by atoms with Crippen LogP contribution in [-0.2, 0) is 11.3 Å². The molecule has 1 atom stereocenters. The van der Waals surface area contributed by atoms with E-state index in [0.29, 0.717) is 37.8 Å². The molecule has 33 heavy (non-hydrogen) atoms. The Bertz CT molecular complexity index is 865. The molecule has 2 aromatic carbocycles. The average Bonchev–Trinajstić information content (AvgIpc) is 2.82. The standard InChI is InChI=1S/C23H30F2N4O3.HI/c1-26-23(27-15-18-5-3-4-6-21(18)32-22(24)25)28-16-20(29-11-13-31-14-12-29)17-7-9-19(30-2)10-8-17;/h3-10,20,22H,11-16H2,1-2H3,(H2,26,27,28);1H. The zero-order chi connectivity index (χ0) is 22.8. The second-order valence-corrected chi connectivity index (χ2v) is 7.23. The molecule has 0 aliphatic carbocycles. The summed E-state index contributed by atoms with van der Waals surface area (Å²) in [4.78, 5) is 6.65. The predicted octanol–water partition coefficient (Wildman–Crippen LogP) is 3.65. The third-order valence-corrected chi connectivity index (χ3v) is 5.31. The normalized spacial score (nSPS) is 15.5. The second kappa shape index (κ2) is 14.2. The Morgan fingerprint density at radius 3 is 2.42 bits per heavy atom. The molecule has 7 nitrogen and oxygen atoms in total. The maximum Gasteiger partial charge on any atom is 0.387 e. The van der Waals surface area contributed by atoms with Gasteiger partial charge in [-0.3, -0.25) is 9.89 Å². The van der Waals surface area contributed by atoms with Crippen molar-refractivity contribution < 1.29 is 23.0 Å². The predicted molar refractivity (Wildman–Crippen MR) is 135 cm³/mol. The van der Waals surface area contributed by atoms with Crippen LogP contribution in [0.1, 0.15) is 17.2 Å². The summed E-state index contributed by atoms with van der Waals surface area (Å²) < 4.78 is 40.7. The molecule has 1 unspecified atom stereocenters. The van der Waals surface area contributed by atoms with Crippen molar-refractivity contribution in [3.05, 3.63) is 59.7 Å². The lowest BCUT2D eigenvalue weighted by Crippen LogP contribution is -2.46. The summed E-state index contributed by atoms with van der Waals surface area (Å²) >= 11 is 0. The van der Waals surface area contributed by atoms with Crippen molar-refractivity contribution in [2.45, 2.75) is 19.2 Å². The number of rotatable bonds is 9. The van der Waals surface area contributed by atoms with Crippen LogP contribution < -0.4 is 20.1 Å². The van der Waals surface area contributed by atoms with Crippen molar-refractivity contribution >= 4 is 29.9 Å². The van der Waals surface area contributed by atoms with Crippen LogP contribution in [0.15, 0.2) is 53.5 Å². The molecule has 182 valence electrons. The molecule has 0 saturated carbocycles. The van der Waals surface area contributed by atoms with E-state index in [2.05, 4.69) is 37.4 Å². The van der Waals surface area contributed by atoms with Gasteiger partial charge in [0.25, 0.3) is 0 Å². The van der Waals surface area contributed by atoms with Gasteiger partial charge in [-0.25, -0.2) is 0 Å². The van der Waals surface area contributed by atoms with Gasteiger partial charge < -0.3 is 24.8 Å². The van der Waals surface area contributed by atoms with Gasteiger partial charge in [-0.15, -0.1) is 24.0 Å². The SMILES string of the molecule is CN=C(NCc1ccccc1OC(F)F)NCC(c1ccc(OC)cc1)N1CCOCC1.I. The van der Waals surface area contributed by atoms with E-state index in [-0.39, 0.29) is 35.8 Å². The molecule has 1 heterocycles. The highest BCUT2D eigenvalue weighted by Gasteiger charge is 2.23. The van der Waals surface area contributed by atoms with Crippen LogP contribution in [0.5, 0.6) is 11.5 Å². The molecule has 1 aliphatic rings. The summed E-state index contributed by atoms with van der Waals surface area (Å²) in [6.07, 6.45) is 0. The van der Waals surface area contributed by atoms with E-state index in [4.69, 9.17) is 9.47 Å². The van der Waals surface area contributed by atoms with Crippen LogP contribution in [0.3, 0.4) is 0 Å². The number of benzene rings is 2. The molecule has 1 aliphatic heterocycles. The molecule has 0 spiro atoms. The van der Waals surface area contributed by atoms with Gasteiger partial charge >= 0.3 is 6.61 Å². The average molecular weight is 576 g/mol. The lowest BCUT2D eigenvalue weighted by atomic mass is 10.0. The molecule has 0 bridgehead atoms. The van der Waals surface area contributed by atoms with Crippen LogP contribution in [0.4, 0.5) is 8.78 Å². The largest absolute Gasteiger partial charge is 0.497 e. The van der Waals surface area contributed by atoms with Crippen molar-refractivity contribution in [1.29, 1.82) is 0 Å². The van der Waals surface area contributed by atoms with Gasteiger partial charge in [0.05, 0.1) is 26.4 Å². The Morgan fingerprint density at radius 2 is 1.79 bits per heavy atom. The minimum Gasteiger partial charge on any atom is -0.497 e. The molecule has 2 aromatic rings. The number of alkyl halides is 2. The van der Waals surface area contributed by atoms with Crippen LogP contribution >= 0.6 is 24.0 Å². The molecular weight excluding hydrogens is 545 g/mol. The number of ether oxygens (including phenoxy) is 3. The number of guanidine groups is 1. The van der Waals surface area contributed by atoms with Crippen molar-refractivity contribution in [1.82, 2.24) is 15.5 Å². The summed E-state index contributed by atoms with van der Waals surface area (Å²) in [7, 11) is 3.32. The van der Waals surface area contributed by atoms with Crippen LogP contribution in [-0.4, -0.2) is 64.5 Å². The number of nitrogens with one attached hydrogen (secondary N) is 2. The lowest BCUT2D eigenvalue weighted by Gasteiger charge is -2.35. The minimum atomic E-state index is -2.87. The molecule has 10 heteroatoms. The fourth-order valence-electron chi connectivity index (χ4n) is 3.63. The fourth-order valence-corrected chi connectivity index (χ4v) is 3.63. The number of para-hydroxylation sites is 1. The number of hydrogen-bond donors (Lipinski definition) is 2. The van der Waals surface area contributed by atoms with Crippen molar-refractivity contribution in [3.63, 3.8) is 0 Å². The van der Waals surface area contributed by atoms with Gasteiger partial charge in [0, 0.05) is 38.8 Å². The van der Waals surface area contributed by atoms with E-state index in [1.165, 1.54) is 6.07 Å². The second-order valence-electron chi connectivity index (χ2n) is 7.23. The van der Waals surface area contributed by atoms with E-state index in [1.54, 1.807) is 32.4 Å². The third kappa shape index (κ3) is 8.27. The quantitative estimate of drug-likeness (QED) is 0.270. The van der Waals surface area contributed by atoms with E-state index >= 15 is 0 Å². The first-order valence-corrected chi connectivity index (χ1v) is 10.5. The summed E-state index contributed by atoms with van der Waals surface area (Å²) in [6, 6.07) is 14.9. The number of halogens is 3. The highest BCUT2D eigenvalue weighted by Crippen LogP contribution is 2.24. The van der Waals surface area contributed by atoms with Crippen molar-refractivity contribution in [2.75, 3.05) is 47.0 Å². The van der Waals surface area contributed by atoms with Gasteiger partial charge in [0.1, 0.15) is 11.5 Å². The zero-order valence-electron chi connectivity index (χ0n) is 18.8. The van der Waals surface area contributed by atoms with Crippen LogP contribution in [0, 0.1) is 0 Å². The summed E-state index contributed by atoms with van der Waals surface area (Å²) in [6.45, 7) is 1.11. The summed E-state index contributed by atoms with van der Waals surface area (Å²) in [5.41, 5.74) is 1.78. The molecule has 0 radical (unpaired) electrons. The first-order valence-electron chi connectivity index (χ1n) is 10.5. The molecule has 1 saturated heterocycles. The van der Waals surface area contributed by atoms with Crippen LogP contribution in [0.25, 0.3) is 0 Å². The first kappa shape index (κ1) is 27.1. The number of aliphatic imine (C=N–C) groups is 1. The molecule has 0 aromatic heterocycles. The first-order chi connectivity index (χ1) is 15.6. The highest BCUT2D eigenvalue weighted by molar-refractivity contribution is 14.0. The number of morpholine rings is 1. The molecule has 1 fully saturated rings. The van der Waals surface area contributed by atoms with Crippen molar-refractivity contribution in [3.8, 4) is 11.5 Å². The third-order valence-electron chi connectivity index (χ3n) is 5.31. The maximum absolute atomic E-state index is 12.7.